The van der Waals surface area contributed by atoms with E-state index in [1.54, 1.807) is 31.7 Å². The molecule has 42 heavy (non-hydrogen) atoms. The number of nitrogens with zero attached hydrogens (tertiary/aromatic N) is 1. The lowest BCUT2D eigenvalue weighted by Crippen LogP contribution is -2.53. The fourth-order valence-corrected chi connectivity index (χ4v) is 5.20. The molecule has 3 amide bonds. The monoisotopic (exact) mass is 591 g/mol. The summed E-state index contributed by atoms with van der Waals surface area (Å²) in [4.78, 5) is 43.1. The van der Waals surface area contributed by atoms with E-state index >= 15 is 0 Å². The fraction of sp³-hybridized carbons (Fsp3) is 0.382. The Morgan fingerprint density at radius 2 is 1.57 bits per heavy atom. The molecule has 3 rings (SSSR count). The summed E-state index contributed by atoms with van der Waals surface area (Å²) in [7, 11) is 0. The Labute approximate surface area is 254 Å². The summed E-state index contributed by atoms with van der Waals surface area (Å²) in [5.74, 6) is -0.782. The summed E-state index contributed by atoms with van der Waals surface area (Å²) in [6, 6.07) is 18.7. The van der Waals surface area contributed by atoms with Crippen molar-refractivity contribution in [3.63, 3.8) is 0 Å². The Hall–Kier alpha value is -3.84. The summed E-state index contributed by atoms with van der Waals surface area (Å²) in [6.45, 7) is 13.3. The third kappa shape index (κ3) is 9.08. The van der Waals surface area contributed by atoms with E-state index < -0.39 is 29.7 Å². The van der Waals surface area contributed by atoms with E-state index in [1.807, 2.05) is 88.4 Å². The van der Waals surface area contributed by atoms with Crippen LogP contribution in [0.2, 0.25) is 5.02 Å². The van der Waals surface area contributed by atoms with Crippen LogP contribution in [0.3, 0.4) is 0 Å². The minimum Gasteiger partial charge on any atom is -0.444 e. The zero-order valence-electron chi connectivity index (χ0n) is 25.6. The minimum atomic E-state index is -0.981. The number of ether oxygens (including phenoxy) is 1. The van der Waals surface area contributed by atoms with Crippen LogP contribution in [0.1, 0.15) is 68.0 Å². The number of alkyl carbamates (subject to hydrolysis) is 1. The molecule has 0 saturated carbocycles. The van der Waals surface area contributed by atoms with E-state index in [0.717, 1.165) is 22.3 Å². The van der Waals surface area contributed by atoms with E-state index in [-0.39, 0.29) is 18.9 Å². The molecule has 7 nitrogen and oxygen atoms in total. The first-order valence-electron chi connectivity index (χ1n) is 14.3. The van der Waals surface area contributed by atoms with Crippen molar-refractivity contribution >= 4 is 35.2 Å². The van der Waals surface area contributed by atoms with Crippen molar-refractivity contribution in [3.8, 4) is 0 Å². The van der Waals surface area contributed by atoms with Gasteiger partial charge in [0.05, 0.1) is 10.7 Å². The molecule has 8 heteroatoms. The molecule has 2 atom stereocenters. The molecular formula is C34H42ClN3O4. The molecule has 2 unspecified atom stereocenters. The third-order valence-corrected chi connectivity index (χ3v) is 6.92. The number of anilines is 1. The van der Waals surface area contributed by atoms with Crippen molar-refractivity contribution in [3.05, 3.63) is 99.6 Å². The second kappa shape index (κ2) is 14.4. The quantitative estimate of drug-likeness (QED) is 0.258. The number of hydrogen-bond acceptors (Lipinski definition) is 4. The van der Waals surface area contributed by atoms with Crippen LogP contribution in [-0.4, -0.2) is 41.0 Å². The van der Waals surface area contributed by atoms with E-state index in [0.29, 0.717) is 22.7 Å². The number of benzene rings is 3. The lowest BCUT2D eigenvalue weighted by atomic mass is 9.97. The number of rotatable bonds is 10. The summed E-state index contributed by atoms with van der Waals surface area (Å²) in [5.41, 5.74) is 4.02. The average Bonchev–Trinajstić information content (AvgIpc) is 2.89. The zero-order chi connectivity index (χ0) is 31.0. The predicted octanol–water partition coefficient (Wildman–Crippen LogP) is 7.32. The number of halogens is 1. The van der Waals surface area contributed by atoms with Gasteiger partial charge in [-0.2, -0.15) is 0 Å². The van der Waals surface area contributed by atoms with Gasteiger partial charge in [-0.15, -0.1) is 0 Å². The van der Waals surface area contributed by atoms with Gasteiger partial charge in [-0.1, -0.05) is 90.3 Å². The van der Waals surface area contributed by atoms with Gasteiger partial charge in [-0.25, -0.2) is 4.79 Å². The lowest BCUT2D eigenvalue weighted by molar-refractivity contribution is -0.140. The number of carbonyl (C=O) groups excluding carboxylic acids is 3. The molecule has 0 radical (unpaired) electrons. The van der Waals surface area contributed by atoms with Crippen LogP contribution >= 0.6 is 11.6 Å². The first-order chi connectivity index (χ1) is 19.8. The van der Waals surface area contributed by atoms with Crippen LogP contribution in [0, 0.1) is 20.8 Å². The molecule has 224 valence electrons. The summed E-state index contributed by atoms with van der Waals surface area (Å²) in [5, 5.41) is 6.19. The summed E-state index contributed by atoms with van der Waals surface area (Å²) < 4.78 is 5.51. The van der Waals surface area contributed by atoms with Crippen molar-refractivity contribution in [2.75, 3.05) is 11.9 Å². The topological polar surface area (TPSA) is 87.7 Å². The standard InChI is InChI=1S/C34H42ClN3O4/c1-8-17-38(32(40)28(21-25-14-10-9-11-15-25)36-33(41)42-34(5,6)7)30(26-19-22(2)18-23(3)20-26)31(39)37-29-24(4)13-12-16-27(29)35/h9-16,18-20,28,30H,8,17,21H2,1-7H3,(H,36,41)(H,37,39). The molecule has 3 aromatic carbocycles. The van der Waals surface area contributed by atoms with Gasteiger partial charge < -0.3 is 20.3 Å². The van der Waals surface area contributed by atoms with Crippen molar-refractivity contribution < 1.29 is 19.1 Å². The van der Waals surface area contributed by atoms with E-state index in [9.17, 15) is 14.4 Å². The van der Waals surface area contributed by atoms with Crippen LogP contribution in [0.5, 0.6) is 0 Å². The highest BCUT2D eigenvalue weighted by atomic mass is 35.5. The van der Waals surface area contributed by atoms with Crippen molar-refractivity contribution in [2.45, 2.75) is 79.0 Å². The molecule has 0 aliphatic carbocycles. The van der Waals surface area contributed by atoms with E-state index in [1.165, 1.54) is 0 Å². The Bertz CT molecular complexity index is 1360. The molecule has 0 bridgehead atoms. The van der Waals surface area contributed by atoms with Gasteiger partial charge in [0.2, 0.25) is 5.91 Å². The minimum absolute atomic E-state index is 0.226. The second-order valence-corrected chi connectivity index (χ2v) is 12.1. The van der Waals surface area contributed by atoms with Gasteiger partial charge >= 0.3 is 6.09 Å². The van der Waals surface area contributed by atoms with Crippen LogP contribution in [-0.2, 0) is 20.7 Å². The Balaban J connectivity index is 2.09. The smallest absolute Gasteiger partial charge is 0.408 e. The SMILES string of the molecule is CCCN(C(=O)C(Cc1ccccc1)NC(=O)OC(C)(C)C)C(C(=O)Nc1c(C)cccc1Cl)c1cc(C)cc(C)c1. The molecule has 0 heterocycles. The first-order valence-corrected chi connectivity index (χ1v) is 14.6. The normalized spacial score (nSPS) is 12.7. The predicted molar refractivity (Wildman–Crippen MR) is 169 cm³/mol. The molecule has 0 aliphatic rings. The number of para-hydroxylation sites is 1. The maximum atomic E-state index is 14.5. The third-order valence-electron chi connectivity index (χ3n) is 6.61. The van der Waals surface area contributed by atoms with E-state index in [2.05, 4.69) is 10.6 Å². The first kappa shape index (κ1) is 32.7. The molecule has 0 spiro atoms. The maximum absolute atomic E-state index is 14.5. The van der Waals surface area contributed by atoms with Crippen LogP contribution in [0.15, 0.2) is 66.7 Å². The second-order valence-electron chi connectivity index (χ2n) is 11.7. The van der Waals surface area contributed by atoms with Crippen molar-refractivity contribution in [1.29, 1.82) is 0 Å². The molecular weight excluding hydrogens is 550 g/mol. The zero-order valence-corrected chi connectivity index (χ0v) is 26.3. The van der Waals surface area contributed by atoms with Gasteiger partial charge in [0.15, 0.2) is 0 Å². The van der Waals surface area contributed by atoms with Gasteiger partial charge in [0.25, 0.3) is 5.91 Å². The molecule has 2 N–H and O–H groups in total. The van der Waals surface area contributed by atoms with Crippen LogP contribution in [0.4, 0.5) is 10.5 Å². The van der Waals surface area contributed by atoms with Crippen LogP contribution < -0.4 is 10.6 Å². The highest BCUT2D eigenvalue weighted by molar-refractivity contribution is 6.34. The number of aryl methyl sites for hydroxylation is 3. The Morgan fingerprint density at radius 3 is 2.14 bits per heavy atom. The molecule has 0 aromatic heterocycles. The Morgan fingerprint density at radius 1 is 0.929 bits per heavy atom. The summed E-state index contributed by atoms with van der Waals surface area (Å²) in [6.07, 6.45) is 0.118. The van der Waals surface area contributed by atoms with Crippen molar-refractivity contribution in [1.82, 2.24) is 10.2 Å². The molecule has 0 saturated heterocycles. The highest BCUT2D eigenvalue weighted by Gasteiger charge is 2.36. The lowest BCUT2D eigenvalue weighted by Gasteiger charge is -2.35. The highest BCUT2D eigenvalue weighted by Crippen LogP contribution is 2.30. The van der Waals surface area contributed by atoms with Gasteiger partial charge in [0, 0.05) is 13.0 Å². The van der Waals surface area contributed by atoms with E-state index in [4.69, 9.17) is 16.3 Å². The van der Waals surface area contributed by atoms with Crippen LogP contribution in [0.25, 0.3) is 0 Å². The number of hydrogen-bond donors (Lipinski definition) is 2. The number of carbonyl (C=O) groups is 3. The molecule has 0 aliphatic heterocycles. The average molecular weight is 592 g/mol. The van der Waals surface area contributed by atoms with Gasteiger partial charge in [-0.05, 0) is 70.7 Å². The Kier molecular flexibility index (Phi) is 11.2. The maximum Gasteiger partial charge on any atom is 0.408 e. The largest absolute Gasteiger partial charge is 0.444 e. The fourth-order valence-electron chi connectivity index (χ4n) is 4.93. The molecule has 3 aromatic rings. The summed E-state index contributed by atoms with van der Waals surface area (Å²) >= 11 is 6.47. The molecule has 0 fully saturated rings. The number of amides is 3. The van der Waals surface area contributed by atoms with Gasteiger partial charge in [-0.3, -0.25) is 9.59 Å². The van der Waals surface area contributed by atoms with Gasteiger partial charge in [0.1, 0.15) is 17.7 Å². The van der Waals surface area contributed by atoms with Crippen molar-refractivity contribution in [2.24, 2.45) is 0 Å². The number of nitrogens with one attached hydrogen (secondary N) is 2.